The van der Waals surface area contributed by atoms with E-state index >= 15 is 0 Å². The second-order valence-corrected chi connectivity index (χ2v) is 8.76. The van der Waals surface area contributed by atoms with Gasteiger partial charge in [0, 0.05) is 55.7 Å². The summed E-state index contributed by atoms with van der Waals surface area (Å²) < 4.78 is 0. The van der Waals surface area contributed by atoms with E-state index in [0.717, 1.165) is 55.0 Å². The number of hydrogen-bond donors (Lipinski definition) is 2. The van der Waals surface area contributed by atoms with Crippen molar-refractivity contribution in [2.75, 3.05) is 0 Å². The Morgan fingerprint density at radius 2 is 1.62 bits per heavy atom. The van der Waals surface area contributed by atoms with Crippen molar-refractivity contribution in [1.82, 2.24) is 15.0 Å². The third-order valence-corrected chi connectivity index (χ3v) is 6.52. The number of nitrogens with one attached hydrogen (secondary N) is 2. The lowest BCUT2D eigenvalue weighted by molar-refractivity contribution is 1.36. The minimum Gasteiger partial charge on any atom is -0.361 e. The Hall–Kier alpha value is -3.67. The summed E-state index contributed by atoms with van der Waals surface area (Å²) in [5.41, 5.74) is 7.30. The number of rotatable bonds is 4. The highest BCUT2D eigenvalue weighted by Gasteiger charge is 2.17. The zero-order valence-corrected chi connectivity index (χ0v) is 18.4. The number of benzene rings is 3. The molecule has 6 aromatic rings. The molecule has 154 valence electrons. The highest BCUT2D eigenvalue weighted by atomic mass is 35.5. The Balaban J connectivity index is 1.42. The van der Waals surface area contributed by atoms with Gasteiger partial charge in [-0.3, -0.25) is 0 Å². The average molecular weight is 453 g/mol. The Kier molecular flexibility index (Phi) is 4.63. The smallest absolute Gasteiger partial charge is 0.209 e. The number of H-pyrrole nitrogens is 2. The molecule has 2 N–H and O–H groups in total. The third kappa shape index (κ3) is 3.32. The molecule has 0 saturated heterocycles. The number of hydrogen-bond acceptors (Lipinski definition) is 3. The molecular formula is C26H17ClN4S. The number of fused-ring (bicyclic) bond motifs is 2. The summed E-state index contributed by atoms with van der Waals surface area (Å²) in [5, 5.41) is 5.79. The fourth-order valence-corrected chi connectivity index (χ4v) is 4.78. The quantitative estimate of drug-likeness (QED) is 0.263. The highest BCUT2D eigenvalue weighted by molar-refractivity contribution is 7.13. The Bertz CT molecular complexity index is 1590. The first-order valence-electron chi connectivity index (χ1n) is 10.2. The molecule has 0 spiro atoms. The van der Waals surface area contributed by atoms with Crippen LogP contribution in [0.5, 0.6) is 0 Å². The van der Waals surface area contributed by atoms with Crippen molar-refractivity contribution in [3.63, 3.8) is 0 Å². The van der Waals surface area contributed by atoms with Gasteiger partial charge in [-0.25, -0.2) is 9.98 Å². The minimum absolute atomic E-state index is 0.717. The van der Waals surface area contributed by atoms with Crippen LogP contribution < -0.4 is 0 Å². The lowest BCUT2D eigenvalue weighted by Gasteiger charge is -2.03. The molecule has 32 heavy (non-hydrogen) atoms. The van der Waals surface area contributed by atoms with Gasteiger partial charge in [0.15, 0.2) is 0 Å². The first kappa shape index (κ1) is 19.0. The number of para-hydroxylation sites is 2. The molecule has 0 radical (unpaired) electrons. The summed E-state index contributed by atoms with van der Waals surface area (Å²) in [6.07, 6.45) is 3.85. The normalized spacial score (nSPS) is 11.8. The van der Waals surface area contributed by atoms with Gasteiger partial charge >= 0.3 is 0 Å². The molecule has 6 rings (SSSR count). The second-order valence-electron chi connectivity index (χ2n) is 7.49. The number of aromatic nitrogens is 3. The summed E-state index contributed by atoms with van der Waals surface area (Å²) in [7, 11) is 0. The van der Waals surface area contributed by atoms with E-state index in [2.05, 4.69) is 44.6 Å². The summed E-state index contributed by atoms with van der Waals surface area (Å²) in [6.45, 7) is 0. The van der Waals surface area contributed by atoms with E-state index in [1.54, 1.807) is 0 Å². The van der Waals surface area contributed by atoms with Crippen molar-refractivity contribution in [3.05, 3.63) is 95.0 Å². The molecule has 4 nitrogen and oxygen atoms in total. The maximum absolute atomic E-state index is 6.11. The van der Waals surface area contributed by atoms with Crippen molar-refractivity contribution in [2.24, 2.45) is 4.99 Å². The van der Waals surface area contributed by atoms with Crippen molar-refractivity contribution < 1.29 is 0 Å². The summed E-state index contributed by atoms with van der Waals surface area (Å²) in [4.78, 5) is 16.3. The Morgan fingerprint density at radius 1 is 0.875 bits per heavy atom. The topological polar surface area (TPSA) is 56.8 Å². The predicted molar refractivity (Wildman–Crippen MR) is 135 cm³/mol. The number of nitrogens with zero attached hydrogens (tertiary/aromatic N) is 2. The number of aliphatic imine (C=N–C) groups is 1. The zero-order valence-electron chi connectivity index (χ0n) is 16.8. The van der Waals surface area contributed by atoms with E-state index in [-0.39, 0.29) is 0 Å². The van der Waals surface area contributed by atoms with Crippen LogP contribution in [-0.4, -0.2) is 21.2 Å². The van der Waals surface area contributed by atoms with E-state index in [1.807, 2.05) is 60.9 Å². The predicted octanol–water partition coefficient (Wildman–Crippen LogP) is 7.84. The van der Waals surface area contributed by atoms with Crippen LogP contribution >= 0.6 is 22.9 Å². The van der Waals surface area contributed by atoms with E-state index in [9.17, 15) is 0 Å². The van der Waals surface area contributed by atoms with E-state index < -0.39 is 0 Å². The van der Waals surface area contributed by atoms with Crippen molar-refractivity contribution >= 4 is 56.1 Å². The molecule has 3 aromatic heterocycles. The van der Waals surface area contributed by atoms with Crippen LogP contribution in [0.25, 0.3) is 44.3 Å². The first-order chi connectivity index (χ1) is 15.8. The molecule has 0 atom stereocenters. The summed E-state index contributed by atoms with van der Waals surface area (Å²) in [6, 6.07) is 24.4. The van der Waals surface area contributed by atoms with Gasteiger partial charge in [0.25, 0.3) is 0 Å². The fourth-order valence-electron chi connectivity index (χ4n) is 4.00. The minimum atomic E-state index is 0.717. The molecule has 0 unspecified atom stereocenters. The van der Waals surface area contributed by atoms with Gasteiger partial charge in [0.2, 0.25) is 5.13 Å². The molecule has 0 bridgehead atoms. The summed E-state index contributed by atoms with van der Waals surface area (Å²) >= 11 is 7.65. The fraction of sp³-hybridized carbons (Fsp3) is 0. The van der Waals surface area contributed by atoms with Gasteiger partial charge in [-0.15, -0.1) is 11.3 Å². The van der Waals surface area contributed by atoms with Gasteiger partial charge in [-0.05, 0) is 29.8 Å². The largest absolute Gasteiger partial charge is 0.361 e. The van der Waals surface area contributed by atoms with Crippen LogP contribution in [0.3, 0.4) is 0 Å². The standard InChI is InChI=1S/C26H17ClN4S/c27-18-11-9-16(10-12-18)25-24(20-6-2-4-8-22(20)30-25)23-15-32-26(31-23)29-14-17-13-28-21-7-3-1-5-19(17)21/h1-15,28,30H/b29-14+. The molecule has 0 aliphatic rings. The van der Waals surface area contributed by atoms with Crippen LogP contribution in [0.15, 0.2) is 89.4 Å². The van der Waals surface area contributed by atoms with Crippen molar-refractivity contribution in [3.8, 4) is 22.5 Å². The zero-order chi connectivity index (χ0) is 21.5. The molecule has 0 saturated carbocycles. The Labute approximate surface area is 193 Å². The Morgan fingerprint density at radius 3 is 2.47 bits per heavy atom. The van der Waals surface area contributed by atoms with Crippen molar-refractivity contribution in [1.29, 1.82) is 0 Å². The maximum atomic E-state index is 6.11. The van der Waals surface area contributed by atoms with Gasteiger partial charge in [0.1, 0.15) is 0 Å². The molecule has 3 heterocycles. The summed E-state index contributed by atoms with van der Waals surface area (Å²) in [5.74, 6) is 0. The van der Waals surface area contributed by atoms with Crippen LogP contribution in [0.2, 0.25) is 5.02 Å². The van der Waals surface area contributed by atoms with E-state index in [0.29, 0.717) is 5.02 Å². The number of aromatic amines is 2. The van der Waals surface area contributed by atoms with E-state index in [1.165, 1.54) is 11.3 Å². The molecule has 3 aromatic carbocycles. The SMILES string of the molecule is Clc1ccc(-c2[nH]c3ccccc3c2-c2csc(/N=C/c3c[nH]c4ccccc34)n2)cc1. The van der Waals surface area contributed by atoms with E-state index in [4.69, 9.17) is 16.6 Å². The van der Waals surface area contributed by atoms with Crippen LogP contribution in [0, 0.1) is 0 Å². The number of halogens is 1. The highest BCUT2D eigenvalue weighted by Crippen LogP contribution is 2.40. The molecule has 0 aliphatic carbocycles. The molecule has 6 heteroatoms. The average Bonchev–Trinajstić information content (AvgIpc) is 3.54. The maximum Gasteiger partial charge on any atom is 0.209 e. The van der Waals surface area contributed by atoms with Crippen LogP contribution in [0.1, 0.15) is 5.56 Å². The van der Waals surface area contributed by atoms with Gasteiger partial charge in [0.05, 0.1) is 11.4 Å². The first-order valence-corrected chi connectivity index (χ1v) is 11.4. The van der Waals surface area contributed by atoms with Gasteiger partial charge in [-0.2, -0.15) is 0 Å². The second kappa shape index (κ2) is 7.79. The molecule has 0 amide bonds. The van der Waals surface area contributed by atoms with Gasteiger partial charge < -0.3 is 9.97 Å². The van der Waals surface area contributed by atoms with Crippen LogP contribution in [0.4, 0.5) is 5.13 Å². The molecule has 0 fully saturated rings. The monoisotopic (exact) mass is 452 g/mol. The van der Waals surface area contributed by atoms with Crippen molar-refractivity contribution in [2.45, 2.75) is 0 Å². The number of thiazole rings is 1. The molecular weight excluding hydrogens is 436 g/mol. The van der Waals surface area contributed by atoms with Crippen LogP contribution in [-0.2, 0) is 0 Å². The van der Waals surface area contributed by atoms with Gasteiger partial charge in [-0.1, -0.05) is 60.1 Å². The molecule has 0 aliphatic heterocycles. The lowest BCUT2D eigenvalue weighted by Crippen LogP contribution is -1.83. The third-order valence-electron chi connectivity index (χ3n) is 5.52. The lowest BCUT2D eigenvalue weighted by atomic mass is 10.0.